The minimum absolute atomic E-state index is 0.220. The van der Waals surface area contributed by atoms with Crippen molar-refractivity contribution in [1.29, 1.82) is 0 Å². The second kappa shape index (κ2) is 8.75. The van der Waals surface area contributed by atoms with Crippen LogP contribution in [-0.4, -0.2) is 40.3 Å². The molecule has 0 atom stereocenters. The van der Waals surface area contributed by atoms with Crippen molar-refractivity contribution in [2.75, 3.05) is 14.2 Å². The van der Waals surface area contributed by atoms with E-state index in [1.165, 1.54) is 11.3 Å². The van der Waals surface area contributed by atoms with Gasteiger partial charge in [0, 0.05) is 16.5 Å². The lowest BCUT2D eigenvalue weighted by Crippen LogP contribution is -2.23. The summed E-state index contributed by atoms with van der Waals surface area (Å²) < 4.78 is 10.3. The maximum atomic E-state index is 12.4. The lowest BCUT2D eigenvalue weighted by molar-refractivity contribution is 0.0945. The van der Waals surface area contributed by atoms with Gasteiger partial charge in [-0.25, -0.2) is 9.97 Å². The third-order valence-corrected chi connectivity index (χ3v) is 5.26. The normalized spacial score (nSPS) is 10.6. The number of carbonyl (C=O) groups excluding carboxylic acids is 1. The van der Waals surface area contributed by atoms with E-state index in [4.69, 9.17) is 9.47 Å². The number of methoxy groups -OCH3 is 2. The summed E-state index contributed by atoms with van der Waals surface area (Å²) in [6.07, 6.45) is 0. The van der Waals surface area contributed by atoms with Crippen molar-refractivity contribution in [2.45, 2.75) is 6.54 Å². The molecule has 4 aromatic rings. The summed E-state index contributed by atoms with van der Waals surface area (Å²) in [5.74, 6) is 2.37. The van der Waals surface area contributed by atoms with E-state index in [9.17, 15) is 4.79 Å². The Bertz CT molecular complexity index is 1140. The number of rotatable bonds is 7. The molecule has 0 fully saturated rings. The van der Waals surface area contributed by atoms with Crippen LogP contribution in [0.1, 0.15) is 16.3 Å². The SMILES string of the molecule is COc1ccc(-c2n[nH]c(CNC(=O)c3csc(-c4ccc(OC)cc4)n3)n2)cc1. The van der Waals surface area contributed by atoms with E-state index in [1.807, 2.05) is 48.5 Å². The molecule has 0 aliphatic rings. The maximum Gasteiger partial charge on any atom is 0.271 e. The first-order chi connectivity index (χ1) is 14.7. The lowest BCUT2D eigenvalue weighted by atomic mass is 10.2. The first kappa shape index (κ1) is 19.6. The van der Waals surface area contributed by atoms with Gasteiger partial charge in [0.25, 0.3) is 5.91 Å². The second-order valence-electron chi connectivity index (χ2n) is 6.28. The molecule has 30 heavy (non-hydrogen) atoms. The van der Waals surface area contributed by atoms with E-state index in [0.29, 0.717) is 17.3 Å². The van der Waals surface area contributed by atoms with Crippen molar-refractivity contribution < 1.29 is 14.3 Å². The summed E-state index contributed by atoms with van der Waals surface area (Å²) in [6.45, 7) is 0.220. The zero-order chi connectivity index (χ0) is 20.9. The molecule has 0 bridgehead atoms. The number of carbonyl (C=O) groups is 1. The summed E-state index contributed by atoms with van der Waals surface area (Å²) in [7, 11) is 3.24. The fourth-order valence-corrected chi connectivity index (χ4v) is 3.55. The van der Waals surface area contributed by atoms with Crippen LogP contribution in [0.5, 0.6) is 11.5 Å². The standard InChI is InChI=1S/C21H19N5O3S/c1-28-15-7-3-13(4-8-15)19-24-18(25-26-19)11-22-20(27)17-12-30-21(23-17)14-5-9-16(29-2)10-6-14/h3-10,12H,11H2,1-2H3,(H,22,27)(H,24,25,26). The molecule has 2 aromatic carbocycles. The first-order valence-corrected chi connectivity index (χ1v) is 9.98. The van der Waals surface area contributed by atoms with Gasteiger partial charge in [-0.3, -0.25) is 9.89 Å². The third kappa shape index (κ3) is 4.31. The van der Waals surface area contributed by atoms with Crippen LogP contribution in [-0.2, 0) is 6.54 Å². The van der Waals surface area contributed by atoms with Crippen LogP contribution >= 0.6 is 11.3 Å². The van der Waals surface area contributed by atoms with Gasteiger partial charge in [0.05, 0.1) is 20.8 Å². The molecule has 4 rings (SSSR count). The largest absolute Gasteiger partial charge is 0.497 e. The molecule has 0 spiro atoms. The molecule has 0 unspecified atom stereocenters. The van der Waals surface area contributed by atoms with Gasteiger partial charge in [-0.1, -0.05) is 0 Å². The van der Waals surface area contributed by atoms with Crippen molar-refractivity contribution in [3.05, 3.63) is 65.4 Å². The number of aromatic nitrogens is 4. The van der Waals surface area contributed by atoms with Crippen LogP contribution in [0.4, 0.5) is 0 Å². The lowest BCUT2D eigenvalue weighted by Gasteiger charge is -2.01. The maximum absolute atomic E-state index is 12.4. The number of thiazole rings is 1. The fraction of sp³-hybridized carbons (Fsp3) is 0.143. The summed E-state index contributed by atoms with van der Waals surface area (Å²) in [4.78, 5) is 21.3. The molecule has 2 heterocycles. The summed E-state index contributed by atoms with van der Waals surface area (Å²) >= 11 is 1.41. The quantitative estimate of drug-likeness (QED) is 0.473. The molecule has 0 aliphatic heterocycles. The summed E-state index contributed by atoms with van der Waals surface area (Å²) in [5, 5.41) is 12.4. The predicted octanol–water partition coefficient (Wildman–Crippen LogP) is 3.54. The third-order valence-electron chi connectivity index (χ3n) is 4.37. The van der Waals surface area contributed by atoms with E-state index >= 15 is 0 Å². The number of aromatic amines is 1. The van der Waals surface area contributed by atoms with Gasteiger partial charge in [-0.05, 0) is 48.5 Å². The van der Waals surface area contributed by atoms with E-state index in [1.54, 1.807) is 19.6 Å². The molecule has 8 nitrogen and oxygen atoms in total. The van der Waals surface area contributed by atoms with Crippen molar-refractivity contribution in [2.24, 2.45) is 0 Å². The zero-order valence-corrected chi connectivity index (χ0v) is 17.2. The highest BCUT2D eigenvalue weighted by Crippen LogP contribution is 2.25. The van der Waals surface area contributed by atoms with Crippen molar-refractivity contribution in [3.63, 3.8) is 0 Å². The fourth-order valence-electron chi connectivity index (χ4n) is 2.74. The molecule has 0 aliphatic carbocycles. The number of amides is 1. The first-order valence-electron chi connectivity index (χ1n) is 9.10. The Morgan fingerprint density at radius 2 is 1.60 bits per heavy atom. The van der Waals surface area contributed by atoms with Crippen LogP contribution in [0.2, 0.25) is 0 Å². The monoisotopic (exact) mass is 421 g/mol. The molecule has 9 heteroatoms. The van der Waals surface area contributed by atoms with Gasteiger partial charge >= 0.3 is 0 Å². The van der Waals surface area contributed by atoms with Gasteiger partial charge < -0.3 is 14.8 Å². The number of H-pyrrole nitrogens is 1. The average Bonchev–Trinajstić information content (AvgIpc) is 3.48. The minimum Gasteiger partial charge on any atom is -0.497 e. The Kier molecular flexibility index (Phi) is 5.71. The zero-order valence-electron chi connectivity index (χ0n) is 16.4. The Labute approximate surface area is 176 Å². The van der Waals surface area contributed by atoms with Crippen LogP contribution < -0.4 is 14.8 Å². The smallest absolute Gasteiger partial charge is 0.271 e. The molecule has 0 saturated carbocycles. The second-order valence-corrected chi connectivity index (χ2v) is 7.14. The highest BCUT2D eigenvalue weighted by atomic mass is 32.1. The number of nitrogens with zero attached hydrogens (tertiary/aromatic N) is 3. The van der Waals surface area contributed by atoms with Crippen molar-refractivity contribution in [1.82, 2.24) is 25.5 Å². The van der Waals surface area contributed by atoms with E-state index in [2.05, 4.69) is 25.5 Å². The van der Waals surface area contributed by atoms with Gasteiger partial charge in [-0.2, -0.15) is 5.10 Å². The highest BCUT2D eigenvalue weighted by molar-refractivity contribution is 7.13. The summed E-state index contributed by atoms with van der Waals surface area (Å²) in [6, 6.07) is 15.0. The molecule has 0 saturated heterocycles. The Hall–Kier alpha value is -3.72. The molecule has 2 aromatic heterocycles. The average molecular weight is 421 g/mol. The highest BCUT2D eigenvalue weighted by Gasteiger charge is 2.13. The topological polar surface area (TPSA) is 102 Å². The number of hydrogen-bond donors (Lipinski definition) is 2. The van der Waals surface area contributed by atoms with Crippen LogP contribution in [0.3, 0.4) is 0 Å². The van der Waals surface area contributed by atoms with Crippen LogP contribution in [0.15, 0.2) is 53.9 Å². The number of nitrogens with one attached hydrogen (secondary N) is 2. The molecule has 152 valence electrons. The molecule has 0 radical (unpaired) electrons. The van der Waals surface area contributed by atoms with E-state index < -0.39 is 0 Å². The van der Waals surface area contributed by atoms with Gasteiger partial charge in [0.2, 0.25) is 0 Å². The number of hydrogen-bond acceptors (Lipinski definition) is 7. The molecule has 1 amide bonds. The number of benzene rings is 2. The molecular weight excluding hydrogens is 402 g/mol. The predicted molar refractivity (Wildman–Crippen MR) is 114 cm³/mol. The Morgan fingerprint density at radius 1 is 0.967 bits per heavy atom. The van der Waals surface area contributed by atoms with E-state index in [-0.39, 0.29) is 12.5 Å². The van der Waals surface area contributed by atoms with Crippen molar-refractivity contribution >= 4 is 17.2 Å². The van der Waals surface area contributed by atoms with Gasteiger partial charge in [0.1, 0.15) is 28.0 Å². The Morgan fingerprint density at radius 3 is 2.23 bits per heavy atom. The van der Waals surface area contributed by atoms with E-state index in [0.717, 1.165) is 27.6 Å². The van der Waals surface area contributed by atoms with Gasteiger partial charge in [-0.15, -0.1) is 11.3 Å². The summed E-state index contributed by atoms with van der Waals surface area (Å²) in [5.41, 5.74) is 2.15. The Balaban J connectivity index is 1.38. The van der Waals surface area contributed by atoms with Crippen LogP contribution in [0.25, 0.3) is 22.0 Å². The van der Waals surface area contributed by atoms with Crippen LogP contribution in [0, 0.1) is 0 Å². The minimum atomic E-state index is -0.270. The van der Waals surface area contributed by atoms with Crippen molar-refractivity contribution in [3.8, 4) is 33.5 Å². The van der Waals surface area contributed by atoms with Gasteiger partial charge in [0.15, 0.2) is 5.82 Å². The molecular formula is C21H19N5O3S. The number of ether oxygens (including phenoxy) is 2. The molecule has 2 N–H and O–H groups in total.